The normalized spacial score (nSPS) is 29.5. The van der Waals surface area contributed by atoms with Crippen molar-refractivity contribution in [1.29, 1.82) is 0 Å². The zero-order valence-electron chi connectivity index (χ0n) is 18.6. The highest BCUT2D eigenvalue weighted by atomic mass is 16.7. The van der Waals surface area contributed by atoms with Crippen molar-refractivity contribution in [2.75, 3.05) is 50.1 Å². The van der Waals surface area contributed by atoms with E-state index in [1.807, 2.05) is 48.5 Å². The van der Waals surface area contributed by atoms with Crippen molar-refractivity contribution in [3.63, 3.8) is 0 Å². The van der Waals surface area contributed by atoms with E-state index in [4.69, 9.17) is 14.2 Å². The molecule has 0 aliphatic carbocycles. The first-order valence-corrected chi connectivity index (χ1v) is 11.3. The van der Waals surface area contributed by atoms with Crippen LogP contribution in [0.15, 0.2) is 54.6 Å². The summed E-state index contributed by atoms with van der Waals surface area (Å²) in [6, 6.07) is 15.9. The minimum absolute atomic E-state index is 0.343. The number of para-hydroxylation sites is 3. The third-order valence-corrected chi connectivity index (χ3v) is 6.62. The zero-order chi connectivity index (χ0) is 22.8. The van der Waals surface area contributed by atoms with Crippen molar-refractivity contribution in [3.05, 3.63) is 54.6 Å². The Kier molecular flexibility index (Phi) is 6.37. The lowest BCUT2D eigenvalue weighted by Crippen LogP contribution is -2.67. The van der Waals surface area contributed by atoms with E-state index in [1.165, 1.54) is 0 Å². The van der Waals surface area contributed by atoms with Gasteiger partial charge >= 0.3 is 6.03 Å². The van der Waals surface area contributed by atoms with Crippen LogP contribution in [0, 0.1) is 0 Å². The van der Waals surface area contributed by atoms with Crippen LogP contribution >= 0.6 is 0 Å². The van der Waals surface area contributed by atoms with Gasteiger partial charge in [-0.3, -0.25) is 4.90 Å². The van der Waals surface area contributed by atoms with Crippen LogP contribution in [0.5, 0.6) is 5.75 Å². The topological polar surface area (TPSA) is 95.5 Å². The van der Waals surface area contributed by atoms with Crippen LogP contribution in [0.4, 0.5) is 16.2 Å². The van der Waals surface area contributed by atoms with E-state index >= 15 is 0 Å². The van der Waals surface area contributed by atoms with Gasteiger partial charge < -0.3 is 34.9 Å². The van der Waals surface area contributed by atoms with Crippen molar-refractivity contribution < 1.29 is 24.1 Å². The van der Waals surface area contributed by atoms with Crippen molar-refractivity contribution in [1.82, 2.24) is 10.2 Å². The minimum atomic E-state index is -0.810. The first-order valence-electron chi connectivity index (χ1n) is 11.3. The number of nitrogens with zero attached hydrogens (tertiary/aromatic N) is 2. The molecule has 5 atom stereocenters. The molecule has 0 spiro atoms. The second kappa shape index (κ2) is 9.56. The molecule has 0 saturated carbocycles. The summed E-state index contributed by atoms with van der Waals surface area (Å²) in [5.41, 5.74) is 1.75. The third kappa shape index (κ3) is 4.49. The van der Waals surface area contributed by atoms with E-state index in [-0.39, 0.29) is 18.2 Å². The molecule has 3 heterocycles. The monoisotopic (exact) mass is 454 g/mol. The standard InChI is InChI=1S/C24H30N4O5/c1-31-18-10-6-5-9-17(18)27-11-13-28(14-12-27)21-22(29)20(19-15-32-23(21)33-19)26-24(30)25-16-7-3-2-4-8-16/h2-10,19-23,29H,11-15H2,1H3,(H2,25,26,30)/t19-,20-,21-,22+,23-/m1/s1. The Balaban J connectivity index is 1.24. The molecule has 9 heteroatoms. The number of aliphatic hydroxyl groups is 1. The molecule has 3 aliphatic heterocycles. The minimum Gasteiger partial charge on any atom is -0.495 e. The third-order valence-electron chi connectivity index (χ3n) is 6.62. The Morgan fingerprint density at radius 1 is 1.06 bits per heavy atom. The molecular formula is C24H30N4O5. The lowest BCUT2D eigenvalue weighted by molar-refractivity contribution is -0.181. The lowest BCUT2D eigenvalue weighted by Gasteiger charge is -2.47. The average molecular weight is 455 g/mol. The molecule has 2 aromatic rings. The molecular weight excluding hydrogens is 424 g/mol. The number of aliphatic hydroxyl groups excluding tert-OH is 1. The quantitative estimate of drug-likeness (QED) is 0.630. The fraction of sp³-hybridized carbons (Fsp3) is 0.458. The van der Waals surface area contributed by atoms with Gasteiger partial charge in [0.25, 0.3) is 0 Å². The van der Waals surface area contributed by atoms with Crippen molar-refractivity contribution in [2.24, 2.45) is 0 Å². The molecule has 2 bridgehead atoms. The summed E-state index contributed by atoms with van der Waals surface area (Å²) in [5, 5.41) is 17.0. The number of amides is 2. The first-order chi connectivity index (χ1) is 16.1. The van der Waals surface area contributed by atoms with Crippen LogP contribution in [-0.2, 0) is 9.47 Å². The number of nitrogens with one attached hydrogen (secondary N) is 2. The molecule has 0 aromatic heterocycles. The number of fused-ring (bicyclic) bond motifs is 2. The predicted molar refractivity (Wildman–Crippen MR) is 124 cm³/mol. The van der Waals surface area contributed by atoms with Gasteiger partial charge in [0.1, 0.15) is 11.9 Å². The molecule has 33 heavy (non-hydrogen) atoms. The molecule has 2 amide bonds. The summed E-state index contributed by atoms with van der Waals surface area (Å²) >= 11 is 0. The van der Waals surface area contributed by atoms with Gasteiger partial charge in [-0.05, 0) is 24.3 Å². The summed E-state index contributed by atoms with van der Waals surface area (Å²) in [6.07, 6.45) is -1.69. The predicted octanol–water partition coefficient (Wildman–Crippen LogP) is 1.49. The molecule has 0 radical (unpaired) electrons. The Labute approximate surface area is 193 Å². The highest BCUT2D eigenvalue weighted by Crippen LogP contribution is 2.33. The number of benzene rings is 2. The number of urea groups is 1. The summed E-state index contributed by atoms with van der Waals surface area (Å²) in [4.78, 5) is 17.1. The molecule has 9 nitrogen and oxygen atoms in total. The van der Waals surface area contributed by atoms with Crippen molar-refractivity contribution in [3.8, 4) is 5.75 Å². The van der Waals surface area contributed by atoms with Crippen LogP contribution in [0.1, 0.15) is 0 Å². The van der Waals surface area contributed by atoms with E-state index in [0.717, 1.165) is 37.6 Å². The van der Waals surface area contributed by atoms with Crippen LogP contribution in [-0.4, -0.2) is 86.5 Å². The second-order valence-corrected chi connectivity index (χ2v) is 8.54. The molecule has 176 valence electrons. The second-order valence-electron chi connectivity index (χ2n) is 8.54. The number of piperazine rings is 1. The lowest BCUT2D eigenvalue weighted by atomic mass is 9.94. The van der Waals surface area contributed by atoms with Gasteiger partial charge in [0.15, 0.2) is 6.29 Å². The number of methoxy groups -OCH3 is 1. The SMILES string of the molecule is COc1ccccc1N1CCN([C@H]2[C@@H]3OC[C@@H](O3)[C@@H](NC(=O)Nc3ccccc3)[C@@H]2O)CC1. The van der Waals surface area contributed by atoms with Gasteiger partial charge in [-0.2, -0.15) is 0 Å². The summed E-state index contributed by atoms with van der Waals surface area (Å²) in [7, 11) is 1.68. The number of anilines is 2. The number of hydrogen-bond donors (Lipinski definition) is 3. The molecule has 3 aliphatic rings. The largest absolute Gasteiger partial charge is 0.495 e. The summed E-state index contributed by atoms with van der Waals surface area (Å²) in [5.74, 6) is 0.850. The van der Waals surface area contributed by atoms with Gasteiger partial charge in [0.2, 0.25) is 0 Å². The number of carbonyl (C=O) groups is 1. The maximum atomic E-state index is 12.6. The summed E-state index contributed by atoms with van der Waals surface area (Å²) in [6.45, 7) is 3.38. The maximum Gasteiger partial charge on any atom is 0.319 e. The smallest absolute Gasteiger partial charge is 0.319 e. The van der Waals surface area contributed by atoms with E-state index in [2.05, 4.69) is 26.5 Å². The summed E-state index contributed by atoms with van der Waals surface area (Å²) < 4.78 is 17.4. The number of ether oxygens (including phenoxy) is 3. The molecule has 3 fully saturated rings. The highest BCUT2D eigenvalue weighted by molar-refractivity contribution is 5.89. The highest BCUT2D eigenvalue weighted by Gasteiger charge is 2.53. The maximum absolute atomic E-state index is 12.6. The Hall–Kier alpha value is -2.85. The van der Waals surface area contributed by atoms with Gasteiger partial charge in [-0.15, -0.1) is 0 Å². The molecule has 3 saturated heterocycles. The van der Waals surface area contributed by atoms with E-state index in [9.17, 15) is 9.90 Å². The number of rotatable bonds is 5. The fourth-order valence-electron chi connectivity index (χ4n) is 4.96. The van der Waals surface area contributed by atoms with Gasteiger partial charge in [0.05, 0.1) is 37.6 Å². The Morgan fingerprint density at radius 3 is 2.55 bits per heavy atom. The number of hydrogen-bond acceptors (Lipinski definition) is 7. The average Bonchev–Trinajstić information content (AvgIpc) is 3.28. The van der Waals surface area contributed by atoms with Gasteiger partial charge in [-0.25, -0.2) is 4.79 Å². The molecule has 0 unspecified atom stereocenters. The molecule has 2 aromatic carbocycles. The van der Waals surface area contributed by atoms with Crippen LogP contribution < -0.4 is 20.3 Å². The van der Waals surface area contributed by atoms with Crippen LogP contribution in [0.25, 0.3) is 0 Å². The first kappa shape index (κ1) is 22.0. The van der Waals surface area contributed by atoms with E-state index in [1.54, 1.807) is 7.11 Å². The van der Waals surface area contributed by atoms with Crippen molar-refractivity contribution >= 4 is 17.4 Å². The van der Waals surface area contributed by atoms with E-state index < -0.39 is 18.4 Å². The van der Waals surface area contributed by atoms with Gasteiger partial charge in [0, 0.05) is 31.9 Å². The Morgan fingerprint density at radius 2 is 1.79 bits per heavy atom. The zero-order valence-corrected chi connectivity index (χ0v) is 18.6. The number of carbonyl (C=O) groups excluding carboxylic acids is 1. The van der Waals surface area contributed by atoms with Crippen LogP contribution in [0.2, 0.25) is 0 Å². The molecule has 5 rings (SSSR count). The van der Waals surface area contributed by atoms with E-state index in [0.29, 0.717) is 12.3 Å². The van der Waals surface area contributed by atoms with Gasteiger partial charge in [-0.1, -0.05) is 30.3 Å². The molecule has 3 N–H and O–H groups in total. The van der Waals surface area contributed by atoms with Crippen molar-refractivity contribution in [2.45, 2.75) is 30.6 Å². The van der Waals surface area contributed by atoms with Crippen LogP contribution in [0.3, 0.4) is 0 Å². The fourth-order valence-corrected chi connectivity index (χ4v) is 4.96. The Bertz CT molecular complexity index is 953.